The van der Waals surface area contributed by atoms with Gasteiger partial charge in [-0.25, -0.2) is 4.79 Å². The second-order valence-corrected chi connectivity index (χ2v) is 7.33. The maximum absolute atomic E-state index is 11.9. The molecule has 0 radical (unpaired) electrons. The van der Waals surface area contributed by atoms with Gasteiger partial charge < -0.3 is 25.4 Å². The molecule has 0 bridgehead atoms. The Balaban J connectivity index is 1.92. The summed E-state index contributed by atoms with van der Waals surface area (Å²) in [5.74, 6) is 0. The van der Waals surface area contributed by atoms with Crippen LogP contribution < -0.4 is 5.73 Å². The van der Waals surface area contributed by atoms with Crippen LogP contribution in [-0.2, 0) is 4.74 Å². The Bertz CT molecular complexity index is 378. The molecule has 2 saturated heterocycles. The Morgan fingerprint density at radius 2 is 1.75 bits per heavy atom. The summed E-state index contributed by atoms with van der Waals surface area (Å²) in [7, 11) is 2.04. The minimum absolute atomic E-state index is 0.352. The van der Waals surface area contributed by atoms with E-state index in [-0.39, 0.29) is 6.09 Å². The van der Waals surface area contributed by atoms with Gasteiger partial charge in [-0.1, -0.05) is 0 Å². The summed E-state index contributed by atoms with van der Waals surface area (Å²) in [5.41, 5.74) is 4.25. The van der Waals surface area contributed by atoms with Crippen LogP contribution in [0, 0.1) is 0 Å². The van der Waals surface area contributed by atoms with Gasteiger partial charge in [0.1, 0.15) is 5.60 Å². The van der Waals surface area contributed by atoms with Gasteiger partial charge in [0.05, 0.1) is 11.1 Å². The van der Waals surface area contributed by atoms with E-state index in [0.29, 0.717) is 25.9 Å². The van der Waals surface area contributed by atoms with E-state index in [1.165, 1.54) is 0 Å². The van der Waals surface area contributed by atoms with Crippen molar-refractivity contribution in [1.82, 2.24) is 9.80 Å². The fourth-order valence-electron chi connectivity index (χ4n) is 2.87. The van der Waals surface area contributed by atoms with Crippen LogP contribution in [0.15, 0.2) is 0 Å². The number of hydrogen-bond donors (Lipinski definition) is 2. The lowest BCUT2D eigenvalue weighted by molar-refractivity contribution is -0.129. The topological polar surface area (TPSA) is 79.0 Å². The number of hydrogen-bond acceptors (Lipinski definition) is 5. The van der Waals surface area contributed by atoms with Gasteiger partial charge in [0, 0.05) is 26.2 Å². The van der Waals surface area contributed by atoms with Crippen molar-refractivity contribution in [2.24, 2.45) is 5.73 Å². The number of carbonyl (C=O) groups excluding carboxylic acids is 1. The fraction of sp³-hybridized carbons (Fsp3) is 0.929. The first-order valence-electron chi connectivity index (χ1n) is 7.22. The van der Waals surface area contributed by atoms with Crippen LogP contribution in [0.3, 0.4) is 0 Å². The fourth-order valence-corrected chi connectivity index (χ4v) is 2.87. The average Bonchev–Trinajstić information content (AvgIpc) is 2.26. The molecule has 0 spiro atoms. The standard InChI is InChI=1S/C14H27N3O3/c1-12(2,3)20-11(18)17-9-13(15,10-17)14(19)5-7-16(4)8-6-14/h19H,5-10,15H2,1-4H3. The molecule has 0 aromatic heterocycles. The van der Waals surface area contributed by atoms with Crippen molar-refractivity contribution < 1.29 is 14.6 Å². The number of carbonyl (C=O) groups is 1. The number of nitrogens with two attached hydrogens (primary N) is 1. The Labute approximate surface area is 120 Å². The van der Waals surface area contributed by atoms with E-state index in [1.807, 2.05) is 27.8 Å². The van der Waals surface area contributed by atoms with Crippen LogP contribution in [-0.4, -0.2) is 71.0 Å². The first-order chi connectivity index (χ1) is 9.05. The molecule has 6 nitrogen and oxygen atoms in total. The first kappa shape index (κ1) is 15.5. The molecule has 0 saturated carbocycles. The third-order valence-electron chi connectivity index (χ3n) is 4.34. The van der Waals surface area contributed by atoms with Crippen molar-refractivity contribution in [3.8, 4) is 0 Å². The Hall–Kier alpha value is -0.850. The van der Waals surface area contributed by atoms with Crippen LogP contribution in [0.2, 0.25) is 0 Å². The van der Waals surface area contributed by atoms with Gasteiger partial charge in [-0.3, -0.25) is 0 Å². The molecule has 0 aromatic carbocycles. The Kier molecular flexibility index (Phi) is 3.77. The van der Waals surface area contributed by atoms with E-state index in [9.17, 15) is 9.90 Å². The number of piperidine rings is 1. The van der Waals surface area contributed by atoms with E-state index in [1.54, 1.807) is 4.90 Å². The van der Waals surface area contributed by atoms with Gasteiger partial charge in [-0.2, -0.15) is 0 Å². The highest BCUT2D eigenvalue weighted by molar-refractivity contribution is 5.70. The van der Waals surface area contributed by atoms with Crippen LogP contribution in [0.1, 0.15) is 33.6 Å². The number of rotatable bonds is 1. The largest absolute Gasteiger partial charge is 0.444 e. The van der Waals surface area contributed by atoms with Crippen LogP contribution in [0.5, 0.6) is 0 Å². The molecule has 2 aliphatic heterocycles. The molecular formula is C14H27N3O3. The monoisotopic (exact) mass is 285 g/mol. The van der Waals surface area contributed by atoms with Gasteiger partial charge >= 0.3 is 6.09 Å². The molecule has 0 atom stereocenters. The Morgan fingerprint density at radius 1 is 1.25 bits per heavy atom. The zero-order valence-electron chi connectivity index (χ0n) is 13.0. The lowest BCUT2D eigenvalue weighted by Crippen LogP contribution is -2.79. The summed E-state index contributed by atoms with van der Waals surface area (Å²) in [4.78, 5) is 15.7. The summed E-state index contributed by atoms with van der Waals surface area (Å²) < 4.78 is 5.31. The van der Waals surface area contributed by atoms with Crippen LogP contribution in [0.25, 0.3) is 0 Å². The minimum atomic E-state index is -0.877. The van der Waals surface area contributed by atoms with Crippen molar-refractivity contribution in [3.05, 3.63) is 0 Å². The molecule has 6 heteroatoms. The highest BCUT2D eigenvalue weighted by Crippen LogP contribution is 2.37. The number of ether oxygens (including phenoxy) is 1. The zero-order valence-corrected chi connectivity index (χ0v) is 13.0. The van der Waals surface area contributed by atoms with E-state index in [4.69, 9.17) is 10.5 Å². The van der Waals surface area contributed by atoms with Gasteiger partial charge in [0.15, 0.2) is 0 Å². The van der Waals surface area contributed by atoms with Gasteiger partial charge in [-0.15, -0.1) is 0 Å². The first-order valence-corrected chi connectivity index (χ1v) is 7.22. The summed E-state index contributed by atoms with van der Waals surface area (Å²) in [6, 6.07) is 0. The number of amides is 1. The lowest BCUT2D eigenvalue weighted by atomic mass is 9.69. The van der Waals surface area contributed by atoms with Crippen molar-refractivity contribution in [2.75, 3.05) is 33.2 Å². The van der Waals surface area contributed by atoms with E-state index >= 15 is 0 Å². The molecule has 2 aliphatic rings. The summed E-state index contributed by atoms with van der Waals surface area (Å²) >= 11 is 0. The third-order valence-corrected chi connectivity index (χ3v) is 4.34. The van der Waals surface area contributed by atoms with Gasteiger partial charge in [-0.05, 0) is 40.7 Å². The maximum atomic E-state index is 11.9. The SMILES string of the molecule is CN1CCC(O)(C2(N)CN(C(=O)OC(C)(C)C)C2)CC1. The van der Waals surface area contributed by atoms with Gasteiger partial charge in [0.2, 0.25) is 0 Å². The highest BCUT2D eigenvalue weighted by Gasteiger charge is 2.57. The summed E-state index contributed by atoms with van der Waals surface area (Å²) in [5, 5.41) is 10.8. The highest BCUT2D eigenvalue weighted by atomic mass is 16.6. The van der Waals surface area contributed by atoms with E-state index < -0.39 is 16.7 Å². The normalized spacial score (nSPS) is 26.0. The number of nitrogens with zero attached hydrogens (tertiary/aromatic N) is 2. The second kappa shape index (κ2) is 4.86. The summed E-state index contributed by atoms with van der Waals surface area (Å²) in [6.07, 6.45) is 0.958. The predicted molar refractivity (Wildman–Crippen MR) is 76.4 cm³/mol. The smallest absolute Gasteiger partial charge is 0.410 e. The number of aliphatic hydroxyl groups is 1. The molecule has 0 aromatic rings. The molecule has 0 unspecified atom stereocenters. The number of likely N-dealkylation sites (tertiary alicyclic amines) is 2. The van der Waals surface area contributed by atoms with Crippen LogP contribution in [0.4, 0.5) is 4.79 Å². The van der Waals surface area contributed by atoms with Crippen molar-refractivity contribution in [3.63, 3.8) is 0 Å². The van der Waals surface area contributed by atoms with E-state index in [0.717, 1.165) is 13.1 Å². The van der Waals surface area contributed by atoms with E-state index in [2.05, 4.69) is 4.90 Å². The Morgan fingerprint density at radius 3 is 2.20 bits per heavy atom. The summed E-state index contributed by atoms with van der Waals surface area (Å²) in [6.45, 7) is 7.91. The predicted octanol–water partition coefficient (Wildman–Crippen LogP) is 0.391. The molecule has 1 amide bonds. The van der Waals surface area contributed by atoms with Crippen molar-refractivity contribution >= 4 is 6.09 Å². The van der Waals surface area contributed by atoms with Gasteiger partial charge in [0.25, 0.3) is 0 Å². The lowest BCUT2D eigenvalue weighted by Gasteiger charge is -2.57. The molecule has 2 fully saturated rings. The minimum Gasteiger partial charge on any atom is -0.444 e. The molecule has 2 rings (SSSR count). The molecular weight excluding hydrogens is 258 g/mol. The van der Waals surface area contributed by atoms with Crippen LogP contribution >= 0.6 is 0 Å². The maximum Gasteiger partial charge on any atom is 0.410 e. The van der Waals surface area contributed by atoms with Crippen molar-refractivity contribution in [2.45, 2.75) is 50.4 Å². The quantitative estimate of drug-likeness (QED) is 0.728. The molecule has 20 heavy (non-hydrogen) atoms. The second-order valence-electron chi connectivity index (χ2n) is 7.33. The average molecular weight is 285 g/mol. The zero-order chi connectivity index (χ0) is 15.2. The molecule has 3 N–H and O–H groups in total. The molecule has 116 valence electrons. The molecule has 0 aliphatic carbocycles. The third kappa shape index (κ3) is 2.92. The molecule has 2 heterocycles. The van der Waals surface area contributed by atoms with Crippen molar-refractivity contribution in [1.29, 1.82) is 0 Å².